The molecule has 5 nitrogen and oxygen atoms in total. The minimum atomic E-state index is -0.0797. The molecule has 1 atom stereocenters. The minimum absolute atomic E-state index is 0.0797. The molecule has 5 heteroatoms. The van der Waals surface area contributed by atoms with Gasteiger partial charge in [-0.15, -0.1) is 0 Å². The van der Waals surface area contributed by atoms with E-state index in [4.69, 9.17) is 5.11 Å². The molecule has 1 fully saturated rings. The fourth-order valence-electron chi connectivity index (χ4n) is 3.07. The number of aromatic nitrogens is 1. The van der Waals surface area contributed by atoms with Crippen molar-refractivity contribution in [1.29, 1.82) is 0 Å². The monoisotopic (exact) mass is 301 g/mol. The van der Waals surface area contributed by atoms with Crippen molar-refractivity contribution in [2.75, 3.05) is 25.0 Å². The number of amides is 2. The van der Waals surface area contributed by atoms with Crippen LogP contribution in [0.5, 0.6) is 0 Å². The number of anilines is 1. The summed E-state index contributed by atoms with van der Waals surface area (Å²) in [5.41, 5.74) is 1.97. The van der Waals surface area contributed by atoms with Crippen molar-refractivity contribution in [3.8, 4) is 0 Å². The first-order valence-corrected chi connectivity index (χ1v) is 7.97. The lowest BCUT2D eigenvalue weighted by Gasteiger charge is -2.17. The van der Waals surface area contributed by atoms with E-state index < -0.39 is 0 Å². The molecule has 0 aliphatic carbocycles. The van der Waals surface area contributed by atoms with E-state index in [1.54, 1.807) is 4.90 Å². The smallest absolute Gasteiger partial charge is 0.321 e. The number of aryl methyl sites for hydroxylation is 1. The van der Waals surface area contributed by atoms with E-state index in [0.29, 0.717) is 13.1 Å². The highest BCUT2D eigenvalue weighted by Crippen LogP contribution is 2.22. The maximum Gasteiger partial charge on any atom is 0.321 e. The number of carbonyl (C=O) groups excluding carboxylic acids is 1. The highest BCUT2D eigenvalue weighted by atomic mass is 16.3. The Morgan fingerprint density at radius 1 is 1.41 bits per heavy atom. The second-order valence-electron chi connectivity index (χ2n) is 6.00. The van der Waals surface area contributed by atoms with Crippen LogP contribution in [-0.2, 0) is 6.54 Å². The van der Waals surface area contributed by atoms with E-state index in [-0.39, 0.29) is 18.6 Å². The highest BCUT2D eigenvalue weighted by Gasteiger charge is 2.25. The lowest BCUT2D eigenvalue weighted by Crippen LogP contribution is -2.33. The number of hydrogen-bond acceptors (Lipinski definition) is 2. The summed E-state index contributed by atoms with van der Waals surface area (Å²) in [6.45, 7) is 4.64. The number of urea groups is 1. The largest absolute Gasteiger partial charge is 0.396 e. The molecular weight excluding hydrogens is 278 g/mol. The number of carbonyl (C=O) groups is 1. The van der Waals surface area contributed by atoms with Gasteiger partial charge in [0.05, 0.1) is 5.52 Å². The quantitative estimate of drug-likeness (QED) is 0.912. The van der Waals surface area contributed by atoms with Gasteiger partial charge in [-0.3, -0.25) is 0 Å². The lowest BCUT2D eigenvalue weighted by molar-refractivity contribution is 0.209. The standard InChI is InChI=1S/C17H23N3O2/c1-2-7-19-9-6-14-3-4-15(10-16(14)19)18-17(22)20-8-5-13(11-20)12-21/h3-4,6,9-10,13,21H,2,5,7-8,11-12H2,1H3,(H,18,22). The maximum absolute atomic E-state index is 12.3. The number of hydrogen-bond donors (Lipinski definition) is 2. The first-order chi connectivity index (χ1) is 10.7. The van der Waals surface area contributed by atoms with Crippen molar-refractivity contribution < 1.29 is 9.90 Å². The van der Waals surface area contributed by atoms with Crippen LogP contribution in [0.25, 0.3) is 10.9 Å². The average Bonchev–Trinajstić information content (AvgIpc) is 3.15. The van der Waals surface area contributed by atoms with E-state index in [9.17, 15) is 4.79 Å². The molecule has 3 rings (SSSR count). The van der Waals surface area contributed by atoms with Crippen LogP contribution in [0.4, 0.5) is 10.5 Å². The zero-order chi connectivity index (χ0) is 15.5. The van der Waals surface area contributed by atoms with Crippen molar-refractivity contribution >= 4 is 22.6 Å². The molecule has 0 spiro atoms. The van der Waals surface area contributed by atoms with Crippen molar-refractivity contribution in [2.45, 2.75) is 26.3 Å². The molecule has 0 saturated carbocycles. The summed E-state index contributed by atoms with van der Waals surface area (Å²) < 4.78 is 2.21. The number of aliphatic hydroxyl groups is 1. The van der Waals surface area contributed by atoms with Gasteiger partial charge in [0, 0.05) is 44.0 Å². The fraction of sp³-hybridized carbons (Fsp3) is 0.471. The Kier molecular flexibility index (Phi) is 4.34. The van der Waals surface area contributed by atoms with E-state index >= 15 is 0 Å². The van der Waals surface area contributed by atoms with Gasteiger partial charge in [0.1, 0.15) is 0 Å². The van der Waals surface area contributed by atoms with Crippen LogP contribution in [0.3, 0.4) is 0 Å². The van der Waals surface area contributed by atoms with Gasteiger partial charge >= 0.3 is 6.03 Å². The molecule has 0 radical (unpaired) electrons. The van der Waals surface area contributed by atoms with Crippen molar-refractivity contribution in [3.63, 3.8) is 0 Å². The van der Waals surface area contributed by atoms with Gasteiger partial charge in [-0.25, -0.2) is 4.79 Å². The number of fused-ring (bicyclic) bond motifs is 1. The SMILES string of the molecule is CCCn1ccc2ccc(NC(=O)N3CCC(CO)C3)cc21. The third-order valence-corrected chi connectivity index (χ3v) is 4.32. The molecule has 1 aromatic carbocycles. The van der Waals surface area contributed by atoms with Crippen LogP contribution >= 0.6 is 0 Å². The zero-order valence-electron chi connectivity index (χ0n) is 13.0. The summed E-state index contributed by atoms with van der Waals surface area (Å²) in [6, 6.07) is 8.03. The van der Waals surface area contributed by atoms with Crippen LogP contribution in [0.1, 0.15) is 19.8 Å². The summed E-state index contributed by atoms with van der Waals surface area (Å²) in [5, 5.41) is 13.3. The molecule has 1 aliphatic rings. The molecule has 2 aromatic rings. The van der Waals surface area contributed by atoms with Crippen LogP contribution in [-0.4, -0.2) is 40.3 Å². The molecule has 22 heavy (non-hydrogen) atoms. The molecule has 2 amide bonds. The summed E-state index contributed by atoms with van der Waals surface area (Å²) in [6.07, 6.45) is 4.05. The van der Waals surface area contributed by atoms with Crippen LogP contribution in [0.15, 0.2) is 30.5 Å². The van der Waals surface area contributed by atoms with Crippen molar-refractivity contribution in [1.82, 2.24) is 9.47 Å². The van der Waals surface area contributed by atoms with Crippen molar-refractivity contribution in [3.05, 3.63) is 30.5 Å². The molecule has 2 heterocycles. The topological polar surface area (TPSA) is 57.5 Å². The number of likely N-dealkylation sites (tertiary alicyclic amines) is 1. The fourth-order valence-corrected chi connectivity index (χ4v) is 3.07. The molecule has 1 aliphatic heterocycles. The molecule has 1 aromatic heterocycles. The highest BCUT2D eigenvalue weighted by molar-refractivity contribution is 5.93. The van der Waals surface area contributed by atoms with Gasteiger partial charge in [-0.2, -0.15) is 0 Å². The van der Waals surface area contributed by atoms with E-state index in [1.165, 1.54) is 5.39 Å². The first-order valence-electron chi connectivity index (χ1n) is 7.97. The first kappa shape index (κ1) is 14.9. The number of rotatable bonds is 4. The Hall–Kier alpha value is -2.01. The van der Waals surface area contributed by atoms with E-state index in [1.807, 2.05) is 18.2 Å². The summed E-state index contributed by atoms with van der Waals surface area (Å²) in [7, 11) is 0. The Labute approximate surface area is 130 Å². The Balaban J connectivity index is 1.73. The van der Waals surface area contributed by atoms with Crippen molar-refractivity contribution in [2.24, 2.45) is 5.92 Å². The molecule has 0 bridgehead atoms. The predicted molar refractivity (Wildman–Crippen MR) is 88.0 cm³/mol. The van der Waals surface area contributed by atoms with Gasteiger partial charge in [0.25, 0.3) is 0 Å². The predicted octanol–water partition coefficient (Wildman–Crippen LogP) is 2.90. The molecule has 1 unspecified atom stereocenters. The second kappa shape index (κ2) is 6.40. The van der Waals surface area contributed by atoms with Crippen LogP contribution in [0.2, 0.25) is 0 Å². The third-order valence-electron chi connectivity index (χ3n) is 4.32. The normalized spacial score (nSPS) is 18.1. The van der Waals surface area contributed by atoms with Gasteiger partial charge in [-0.05, 0) is 36.4 Å². The van der Waals surface area contributed by atoms with E-state index in [0.717, 1.165) is 30.6 Å². The summed E-state index contributed by atoms with van der Waals surface area (Å²) >= 11 is 0. The van der Waals surface area contributed by atoms with Gasteiger partial charge < -0.3 is 19.9 Å². The van der Waals surface area contributed by atoms with Gasteiger partial charge in [0.15, 0.2) is 0 Å². The summed E-state index contributed by atoms with van der Waals surface area (Å²) in [4.78, 5) is 14.1. The molecule has 2 N–H and O–H groups in total. The number of aliphatic hydroxyl groups excluding tert-OH is 1. The average molecular weight is 301 g/mol. The van der Waals surface area contributed by atoms with Crippen LogP contribution in [0, 0.1) is 5.92 Å². The zero-order valence-corrected chi connectivity index (χ0v) is 13.0. The Morgan fingerprint density at radius 3 is 3.00 bits per heavy atom. The number of benzene rings is 1. The Morgan fingerprint density at radius 2 is 2.27 bits per heavy atom. The molecule has 1 saturated heterocycles. The Bertz CT molecular complexity index is 665. The van der Waals surface area contributed by atoms with Gasteiger partial charge in [-0.1, -0.05) is 13.0 Å². The maximum atomic E-state index is 12.3. The number of nitrogens with one attached hydrogen (secondary N) is 1. The number of nitrogens with zero attached hydrogens (tertiary/aromatic N) is 2. The molecule has 118 valence electrons. The minimum Gasteiger partial charge on any atom is -0.396 e. The van der Waals surface area contributed by atoms with Crippen LogP contribution < -0.4 is 5.32 Å². The molecular formula is C17H23N3O2. The van der Waals surface area contributed by atoms with Gasteiger partial charge in [0.2, 0.25) is 0 Å². The summed E-state index contributed by atoms with van der Waals surface area (Å²) in [5.74, 6) is 0.218. The second-order valence-corrected chi connectivity index (χ2v) is 6.00. The van der Waals surface area contributed by atoms with E-state index in [2.05, 4.69) is 29.1 Å². The third kappa shape index (κ3) is 2.95. The lowest BCUT2D eigenvalue weighted by atomic mass is 10.1.